The molecule has 1 spiro atoms. The van der Waals surface area contributed by atoms with Crippen LogP contribution in [0.1, 0.15) is 24.1 Å². The molecule has 4 rings (SSSR count). The van der Waals surface area contributed by atoms with Crippen LogP contribution in [0, 0.1) is 5.92 Å². The normalized spacial score (nSPS) is 21.3. The minimum absolute atomic E-state index is 0.0242. The third-order valence-corrected chi connectivity index (χ3v) is 5.76. The van der Waals surface area contributed by atoms with Crippen molar-refractivity contribution in [3.05, 3.63) is 59.9 Å². The molecule has 2 fully saturated rings. The molecule has 0 bridgehead atoms. The Hall–Kier alpha value is -1.95. The van der Waals surface area contributed by atoms with E-state index in [9.17, 15) is 0 Å². The fraction of sp³-hybridized carbons (Fsp3) is 0.500. The number of aromatic nitrogens is 1. The van der Waals surface area contributed by atoms with Crippen molar-refractivity contribution in [3.8, 4) is 5.75 Å². The summed E-state index contributed by atoms with van der Waals surface area (Å²) in [6, 6.07) is 14.2. The standard InChI is InChI=1S/C22H28N2O3/c1-25-21-8-3-2-6-18(21)14-24-16-22(17-24)19(10-13-27-22)9-12-26-15-20-7-4-5-11-23-20/h2-8,11,19H,9-10,12-17H2,1H3/t19-/m0/s1. The third kappa shape index (κ3) is 4.15. The molecule has 144 valence electrons. The van der Waals surface area contributed by atoms with E-state index in [2.05, 4.69) is 22.0 Å². The SMILES string of the molecule is COc1ccccc1CN1CC2(C1)OCC[C@@H]2CCOCc1ccccn1. The predicted molar refractivity (Wildman–Crippen MR) is 104 cm³/mol. The van der Waals surface area contributed by atoms with Crippen LogP contribution in [-0.4, -0.2) is 48.9 Å². The molecule has 2 aliphatic heterocycles. The van der Waals surface area contributed by atoms with Crippen LogP contribution in [0.3, 0.4) is 0 Å². The molecule has 5 heteroatoms. The Morgan fingerprint density at radius 1 is 1.19 bits per heavy atom. The first-order valence-corrected chi connectivity index (χ1v) is 9.75. The van der Waals surface area contributed by atoms with Crippen LogP contribution in [0.4, 0.5) is 0 Å². The number of benzene rings is 1. The molecule has 27 heavy (non-hydrogen) atoms. The smallest absolute Gasteiger partial charge is 0.123 e. The average molecular weight is 368 g/mol. The lowest BCUT2D eigenvalue weighted by Crippen LogP contribution is -2.64. The Kier molecular flexibility index (Phi) is 5.72. The van der Waals surface area contributed by atoms with Gasteiger partial charge in [0.25, 0.3) is 0 Å². The Morgan fingerprint density at radius 2 is 2.04 bits per heavy atom. The fourth-order valence-electron chi connectivity index (χ4n) is 4.33. The van der Waals surface area contributed by atoms with Gasteiger partial charge in [0.1, 0.15) is 5.75 Å². The maximum Gasteiger partial charge on any atom is 0.123 e. The van der Waals surface area contributed by atoms with Crippen molar-refractivity contribution in [2.24, 2.45) is 5.92 Å². The first kappa shape index (κ1) is 18.4. The van der Waals surface area contributed by atoms with Gasteiger partial charge in [0.2, 0.25) is 0 Å². The van der Waals surface area contributed by atoms with Gasteiger partial charge in [-0.05, 0) is 37.0 Å². The van der Waals surface area contributed by atoms with E-state index in [0.717, 1.165) is 57.1 Å². The zero-order valence-electron chi connectivity index (χ0n) is 16.0. The van der Waals surface area contributed by atoms with E-state index in [1.54, 1.807) is 7.11 Å². The monoisotopic (exact) mass is 368 g/mol. The Labute approximate surface area is 161 Å². The van der Waals surface area contributed by atoms with Crippen molar-refractivity contribution in [1.82, 2.24) is 9.88 Å². The second-order valence-electron chi connectivity index (χ2n) is 7.52. The van der Waals surface area contributed by atoms with Gasteiger partial charge in [0, 0.05) is 44.6 Å². The van der Waals surface area contributed by atoms with Crippen LogP contribution in [-0.2, 0) is 22.6 Å². The van der Waals surface area contributed by atoms with Gasteiger partial charge in [-0.15, -0.1) is 0 Å². The number of hydrogen-bond acceptors (Lipinski definition) is 5. The lowest BCUT2D eigenvalue weighted by Gasteiger charge is -2.50. The van der Waals surface area contributed by atoms with Crippen LogP contribution < -0.4 is 4.74 Å². The molecule has 1 atom stereocenters. The maximum absolute atomic E-state index is 6.19. The van der Waals surface area contributed by atoms with E-state index in [1.807, 2.05) is 36.5 Å². The molecule has 0 N–H and O–H groups in total. The van der Waals surface area contributed by atoms with Gasteiger partial charge in [-0.3, -0.25) is 9.88 Å². The first-order valence-electron chi connectivity index (χ1n) is 9.75. The van der Waals surface area contributed by atoms with Gasteiger partial charge in [-0.2, -0.15) is 0 Å². The van der Waals surface area contributed by atoms with Crippen LogP contribution in [0.15, 0.2) is 48.7 Å². The van der Waals surface area contributed by atoms with Crippen molar-refractivity contribution in [2.45, 2.75) is 31.6 Å². The van der Waals surface area contributed by atoms with E-state index in [-0.39, 0.29) is 5.60 Å². The van der Waals surface area contributed by atoms with Gasteiger partial charge >= 0.3 is 0 Å². The van der Waals surface area contributed by atoms with E-state index in [0.29, 0.717) is 12.5 Å². The number of likely N-dealkylation sites (tertiary alicyclic amines) is 1. The molecule has 0 aliphatic carbocycles. The minimum atomic E-state index is 0.0242. The summed E-state index contributed by atoms with van der Waals surface area (Å²) in [5.41, 5.74) is 2.25. The zero-order valence-corrected chi connectivity index (χ0v) is 16.0. The molecule has 2 aromatic rings. The molecule has 2 aliphatic rings. The molecule has 1 aromatic carbocycles. The molecular weight excluding hydrogens is 340 g/mol. The number of pyridine rings is 1. The van der Waals surface area contributed by atoms with Crippen molar-refractivity contribution in [3.63, 3.8) is 0 Å². The lowest BCUT2D eigenvalue weighted by atomic mass is 9.79. The summed E-state index contributed by atoms with van der Waals surface area (Å²) >= 11 is 0. The summed E-state index contributed by atoms with van der Waals surface area (Å²) in [5, 5.41) is 0. The van der Waals surface area contributed by atoms with Crippen molar-refractivity contribution in [1.29, 1.82) is 0 Å². The second-order valence-corrected chi connectivity index (χ2v) is 7.52. The molecule has 0 amide bonds. The van der Waals surface area contributed by atoms with E-state index >= 15 is 0 Å². The summed E-state index contributed by atoms with van der Waals surface area (Å²) in [4.78, 5) is 6.75. The maximum atomic E-state index is 6.19. The van der Waals surface area contributed by atoms with Gasteiger partial charge in [-0.1, -0.05) is 24.3 Å². The van der Waals surface area contributed by atoms with Crippen LogP contribution in [0.5, 0.6) is 5.75 Å². The van der Waals surface area contributed by atoms with Gasteiger partial charge in [0.05, 0.1) is 25.0 Å². The molecule has 1 aromatic heterocycles. The number of para-hydroxylation sites is 1. The molecule has 0 saturated carbocycles. The van der Waals surface area contributed by atoms with E-state index < -0.39 is 0 Å². The highest BCUT2D eigenvalue weighted by Gasteiger charge is 2.52. The van der Waals surface area contributed by atoms with Crippen molar-refractivity contribution >= 4 is 0 Å². The predicted octanol–water partition coefficient (Wildman–Crippen LogP) is 3.29. The summed E-state index contributed by atoms with van der Waals surface area (Å²) in [5.74, 6) is 1.54. The first-order chi connectivity index (χ1) is 13.3. The number of hydrogen-bond donors (Lipinski definition) is 0. The molecule has 0 radical (unpaired) electrons. The minimum Gasteiger partial charge on any atom is -0.496 e. The van der Waals surface area contributed by atoms with Gasteiger partial charge < -0.3 is 14.2 Å². The molecular formula is C22H28N2O3. The summed E-state index contributed by atoms with van der Waals surface area (Å²) < 4.78 is 17.5. The largest absolute Gasteiger partial charge is 0.496 e. The average Bonchev–Trinajstić information content (AvgIpc) is 3.10. The lowest BCUT2D eigenvalue weighted by molar-refractivity contribution is -0.139. The third-order valence-electron chi connectivity index (χ3n) is 5.76. The molecule has 2 saturated heterocycles. The number of ether oxygens (including phenoxy) is 3. The van der Waals surface area contributed by atoms with Crippen LogP contribution in [0.2, 0.25) is 0 Å². The van der Waals surface area contributed by atoms with E-state index in [4.69, 9.17) is 14.2 Å². The molecule has 0 unspecified atom stereocenters. The fourth-order valence-corrected chi connectivity index (χ4v) is 4.33. The second kappa shape index (κ2) is 8.38. The van der Waals surface area contributed by atoms with Crippen molar-refractivity contribution in [2.75, 3.05) is 33.4 Å². The number of methoxy groups -OCH3 is 1. The summed E-state index contributed by atoms with van der Waals surface area (Å²) in [7, 11) is 1.73. The Bertz CT molecular complexity index is 731. The zero-order chi connectivity index (χ0) is 18.5. The van der Waals surface area contributed by atoms with Crippen LogP contribution >= 0.6 is 0 Å². The number of rotatable bonds is 8. The Balaban J connectivity index is 1.24. The quantitative estimate of drug-likeness (QED) is 0.669. The van der Waals surface area contributed by atoms with Gasteiger partial charge in [0.15, 0.2) is 0 Å². The molecule has 5 nitrogen and oxygen atoms in total. The summed E-state index contributed by atoms with van der Waals surface area (Å²) in [6.45, 7) is 5.12. The van der Waals surface area contributed by atoms with Crippen LogP contribution in [0.25, 0.3) is 0 Å². The van der Waals surface area contributed by atoms with Gasteiger partial charge in [-0.25, -0.2) is 0 Å². The highest BCUT2D eigenvalue weighted by molar-refractivity contribution is 5.33. The van der Waals surface area contributed by atoms with E-state index in [1.165, 1.54) is 5.56 Å². The Morgan fingerprint density at radius 3 is 2.85 bits per heavy atom. The highest BCUT2D eigenvalue weighted by Crippen LogP contribution is 2.42. The molecule has 3 heterocycles. The highest BCUT2D eigenvalue weighted by atomic mass is 16.5. The summed E-state index contributed by atoms with van der Waals surface area (Å²) in [6.07, 6.45) is 3.99. The van der Waals surface area contributed by atoms with Crippen molar-refractivity contribution < 1.29 is 14.2 Å². The topological polar surface area (TPSA) is 43.8 Å². The number of nitrogens with zero attached hydrogens (tertiary/aromatic N) is 2.